The maximum absolute atomic E-state index is 13.0. The lowest BCUT2D eigenvalue weighted by molar-refractivity contribution is 0.168. The fourth-order valence-electron chi connectivity index (χ4n) is 2.54. The molecule has 3 N–H and O–H groups in total. The van der Waals surface area contributed by atoms with Gasteiger partial charge in [0.05, 0.1) is 18.6 Å². The number of methoxy groups -OCH3 is 1. The monoisotopic (exact) mass is 358 g/mol. The predicted molar refractivity (Wildman–Crippen MR) is 95.5 cm³/mol. The Hall–Kier alpha value is -1.15. The lowest BCUT2D eigenvalue weighted by Crippen LogP contribution is -2.44. The molecule has 1 aromatic carbocycles. The Morgan fingerprint density at radius 2 is 1.83 bits per heavy atom. The topological polar surface area (TPSA) is 92.9 Å². The highest BCUT2D eigenvalue weighted by Crippen LogP contribution is 2.24. The van der Waals surface area contributed by atoms with E-state index in [0.717, 1.165) is 12.8 Å². The molecule has 1 atom stereocenters. The summed E-state index contributed by atoms with van der Waals surface area (Å²) >= 11 is 0. The second-order valence-electron chi connectivity index (χ2n) is 6.26. The molecule has 0 amide bonds. The van der Waals surface area contributed by atoms with E-state index in [-0.39, 0.29) is 17.4 Å². The van der Waals surface area contributed by atoms with Gasteiger partial charge in [-0.05, 0) is 49.6 Å². The molecule has 24 heavy (non-hydrogen) atoms. The van der Waals surface area contributed by atoms with Crippen molar-refractivity contribution < 1.29 is 18.3 Å². The zero-order valence-corrected chi connectivity index (χ0v) is 15.6. The lowest BCUT2D eigenvalue weighted by Gasteiger charge is -2.31. The molecule has 1 unspecified atom stereocenters. The van der Waals surface area contributed by atoms with Crippen LogP contribution in [0.1, 0.15) is 33.1 Å². The second kappa shape index (κ2) is 9.98. The van der Waals surface area contributed by atoms with E-state index in [9.17, 15) is 13.5 Å². The Kier molecular flexibility index (Phi) is 8.69. The molecule has 6 nitrogen and oxygen atoms in total. The molecule has 0 spiro atoms. The van der Waals surface area contributed by atoms with Crippen molar-refractivity contribution in [3.05, 3.63) is 24.3 Å². The highest BCUT2D eigenvalue weighted by atomic mass is 32.2. The van der Waals surface area contributed by atoms with E-state index in [1.807, 2.05) is 13.8 Å². The van der Waals surface area contributed by atoms with Crippen molar-refractivity contribution in [2.45, 2.75) is 44.0 Å². The van der Waals surface area contributed by atoms with Gasteiger partial charge in [0.2, 0.25) is 10.0 Å². The Labute approximate surface area is 145 Å². The minimum Gasteiger partial charge on any atom is -0.497 e. The number of rotatable bonds is 11. The summed E-state index contributed by atoms with van der Waals surface area (Å²) in [6.45, 7) is 4.65. The van der Waals surface area contributed by atoms with Crippen LogP contribution in [-0.4, -0.2) is 50.7 Å². The molecule has 0 aliphatic rings. The first-order chi connectivity index (χ1) is 11.4. The van der Waals surface area contributed by atoms with Crippen LogP contribution in [0.25, 0.3) is 0 Å². The highest BCUT2D eigenvalue weighted by molar-refractivity contribution is 7.89. The zero-order valence-electron chi connectivity index (χ0n) is 14.8. The Bertz CT molecular complexity index is 573. The maximum Gasteiger partial charge on any atom is 0.243 e. The molecule has 0 heterocycles. The number of nitrogens with zero attached hydrogens (tertiary/aromatic N) is 1. The van der Waals surface area contributed by atoms with Crippen LogP contribution in [-0.2, 0) is 10.0 Å². The van der Waals surface area contributed by atoms with E-state index in [1.165, 1.54) is 23.5 Å². The van der Waals surface area contributed by atoms with Gasteiger partial charge in [0.25, 0.3) is 0 Å². The molecule has 0 bridgehead atoms. The van der Waals surface area contributed by atoms with Crippen molar-refractivity contribution >= 4 is 10.0 Å². The maximum atomic E-state index is 13.0. The molecule has 7 heteroatoms. The summed E-state index contributed by atoms with van der Waals surface area (Å²) in [5.74, 6) is 0.757. The SMILES string of the molecule is COc1ccc(S(=O)(=O)N(CC(C)C)C(CO)CCCCN)cc1. The number of hydrogen-bond donors (Lipinski definition) is 2. The van der Waals surface area contributed by atoms with E-state index in [4.69, 9.17) is 10.5 Å². The van der Waals surface area contributed by atoms with Crippen LogP contribution in [0.3, 0.4) is 0 Å². The number of sulfonamides is 1. The number of aliphatic hydroxyl groups is 1. The average Bonchev–Trinajstić information content (AvgIpc) is 2.57. The third-order valence-corrected chi connectivity index (χ3v) is 5.75. The normalized spacial score (nSPS) is 13.5. The molecule has 0 aliphatic heterocycles. The number of aliphatic hydroxyl groups excluding tert-OH is 1. The van der Waals surface area contributed by atoms with E-state index in [2.05, 4.69) is 0 Å². The molecule has 0 aromatic heterocycles. The van der Waals surface area contributed by atoms with Gasteiger partial charge >= 0.3 is 0 Å². The smallest absolute Gasteiger partial charge is 0.243 e. The predicted octanol–water partition coefficient (Wildman–Crippen LogP) is 1.83. The van der Waals surface area contributed by atoms with Gasteiger partial charge in [0.1, 0.15) is 5.75 Å². The first-order valence-electron chi connectivity index (χ1n) is 8.33. The molecule has 0 saturated carbocycles. The number of unbranched alkanes of at least 4 members (excludes halogenated alkanes) is 1. The van der Waals surface area contributed by atoms with Gasteiger partial charge < -0.3 is 15.6 Å². The summed E-state index contributed by atoms with van der Waals surface area (Å²) in [5, 5.41) is 9.74. The first-order valence-corrected chi connectivity index (χ1v) is 9.77. The molecule has 1 rings (SSSR count). The number of benzene rings is 1. The Morgan fingerprint density at radius 1 is 1.21 bits per heavy atom. The van der Waals surface area contributed by atoms with Crippen LogP contribution in [0.15, 0.2) is 29.2 Å². The van der Waals surface area contributed by atoms with Crippen LogP contribution in [0.4, 0.5) is 0 Å². The summed E-state index contributed by atoms with van der Waals surface area (Å²) in [6.07, 6.45) is 2.19. The fourth-order valence-corrected chi connectivity index (χ4v) is 4.35. The van der Waals surface area contributed by atoms with Gasteiger partial charge in [-0.3, -0.25) is 0 Å². The number of hydrogen-bond acceptors (Lipinski definition) is 5. The van der Waals surface area contributed by atoms with Gasteiger partial charge in [-0.2, -0.15) is 4.31 Å². The summed E-state index contributed by atoms with van der Waals surface area (Å²) in [6, 6.07) is 5.89. The minimum atomic E-state index is -3.68. The van der Waals surface area contributed by atoms with Crippen molar-refractivity contribution in [2.24, 2.45) is 11.7 Å². The van der Waals surface area contributed by atoms with Crippen molar-refractivity contribution in [2.75, 3.05) is 26.8 Å². The fraction of sp³-hybridized carbons (Fsp3) is 0.647. The number of ether oxygens (including phenoxy) is 1. The van der Waals surface area contributed by atoms with Crippen molar-refractivity contribution in [1.82, 2.24) is 4.31 Å². The molecule has 1 aromatic rings. The second-order valence-corrected chi connectivity index (χ2v) is 8.16. The summed E-state index contributed by atoms with van der Waals surface area (Å²) < 4.78 is 32.6. The van der Waals surface area contributed by atoms with Crippen LogP contribution in [0, 0.1) is 5.92 Å². The van der Waals surface area contributed by atoms with Crippen LogP contribution in [0.5, 0.6) is 5.75 Å². The molecular formula is C17H30N2O4S. The molecule has 0 fully saturated rings. The van der Waals surface area contributed by atoms with Crippen LogP contribution < -0.4 is 10.5 Å². The van der Waals surface area contributed by atoms with Crippen LogP contribution >= 0.6 is 0 Å². The van der Waals surface area contributed by atoms with E-state index >= 15 is 0 Å². The average molecular weight is 359 g/mol. The van der Waals surface area contributed by atoms with Gasteiger partial charge in [-0.15, -0.1) is 0 Å². The molecule has 138 valence electrons. The van der Waals surface area contributed by atoms with E-state index in [1.54, 1.807) is 12.1 Å². The number of nitrogens with two attached hydrogens (primary N) is 1. The van der Waals surface area contributed by atoms with E-state index < -0.39 is 16.1 Å². The minimum absolute atomic E-state index is 0.154. The molecule has 0 aliphatic carbocycles. The van der Waals surface area contributed by atoms with Crippen molar-refractivity contribution in [1.29, 1.82) is 0 Å². The summed E-state index contributed by atoms with van der Waals surface area (Å²) in [5.41, 5.74) is 5.51. The standard InChI is InChI=1S/C17H30N2O4S/c1-14(2)12-19(15(13-20)6-4-5-11-18)24(21,22)17-9-7-16(23-3)8-10-17/h7-10,14-15,20H,4-6,11-13,18H2,1-3H3. The molecule has 0 saturated heterocycles. The zero-order chi connectivity index (χ0) is 18.2. The molecular weight excluding hydrogens is 328 g/mol. The first kappa shape index (κ1) is 20.9. The summed E-state index contributed by atoms with van der Waals surface area (Å²) in [4.78, 5) is 0.209. The van der Waals surface area contributed by atoms with Gasteiger partial charge in [-0.1, -0.05) is 20.3 Å². The van der Waals surface area contributed by atoms with Crippen LogP contribution in [0.2, 0.25) is 0 Å². The highest BCUT2D eigenvalue weighted by Gasteiger charge is 2.31. The Morgan fingerprint density at radius 3 is 2.29 bits per heavy atom. The summed E-state index contributed by atoms with van der Waals surface area (Å²) in [7, 11) is -2.15. The van der Waals surface area contributed by atoms with Crippen molar-refractivity contribution in [3.63, 3.8) is 0 Å². The largest absolute Gasteiger partial charge is 0.497 e. The van der Waals surface area contributed by atoms with Gasteiger partial charge in [-0.25, -0.2) is 8.42 Å². The third kappa shape index (κ3) is 5.73. The lowest BCUT2D eigenvalue weighted by atomic mass is 10.1. The Balaban J connectivity index is 3.10. The van der Waals surface area contributed by atoms with Gasteiger partial charge in [0, 0.05) is 12.6 Å². The van der Waals surface area contributed by atoms with Crippen molar-refractivity contribution in [3.8, 4) is 5.75 Å². The third-order valence-electron chi connectivity index (χ3n) is 3.82. The quantitative estimate of drug-likeness (QED) is 0.589. The molecule has 0 radical (unpaired) electrons. The van der Waals surface area contributed by atoms with E-state index in [0.29, 0.717) is 25.3 Å². The van der Waals surface area contributed by atoms with Gasteiger partial charge in [0.15, 0.2) is 0 Å².